The maximum atomic E-state index is 13.1. The zero-order valence-corrected chi connectivity index (χ0v) is 21.0. The number of benzene rings is 2. The molecule has 6 heteroatoms. The van der Waals surface area contributed by atoms with Gasteiger partial charge in [-0.25, -0.2) is 0 Å². The van der Waals surface area contributed by atoms with Crippen molar-refractivity contribution in [1.82, 2.24) is 15.1 Å². The van der Waals surface area contributed by atoms with Crippen molar-refractivity contribution in [1.29, 1.82) is 0 Å². The molecular formula is C28H37N3O3. The highest BCUT2D eigenvalue weighted by Gasteiger charge is 2.23. The predicted molar refractivity (Wildman–Crippen MR) is 137 cm³/mol. The normalized spacial score (nSPS) is 11.9. The van der Waals surface area contributed by atoms with E-state index in [-0.39, 0.29) is 11.9 Å². The lowest BCUT2D eigenvalue weighted by atomic mass is 10.0. The Morgan fingerprint density at radius 1 is 1.00 bits per heavy atom. The highest BCUT2D eigenvalue weighted by atomic mass is 16.5. The van der Waals surface area contributed by atoms with Gasteiger partial charge >= 0.3 is 0 Å². The largest absolute Gasteiger partial charge is 0.496 e. The van der Waals surface area contributed by atoms with Gasteiger partial charge in [0.25, 0.3) is 5.91 Å². The molecule has 0 aliphatic rings. The molecule has 3 rings (SSSR count). The number of aryl methyl sites for hydroxylation is 1. The molecule has 1 amide bonds. The molecule has 0 fully saturated rings. The van der Waals surface area contributed by atoms with Crippen molar-refractivity contribution in [2.24, 2.45) is 5.92 Å². The summed E-state index contributed by atoms with van der Waals surface area (Å²) in [6.45, 7) is 7.12. The van der Waals surface area contributed by atoms with Gasteiger partial charge in [0.1, 0.15) is 11.5 Å². The van der Waals surface area contributed by atoms with Crippen LogP contribution in [0.4, 0.5) is 0 Å². The van der Waals surface area contributed by atoms with E-state index in [9.17, 15) is 4.79 Å². The van der Waals surface area contributed by atoms with Crippen molar-refractivity contribution in [3.63, 3.8) is 0 Å². The summed E-state index contributed by atoms with van der Waals surface area (Å²) in [6.07, 6.45) is 3.85. The number of rotatable bonds is 12. The Morgan fingerprint density at radius 2 is 1.65 bits per heavy atom. The average Bonchev–Trinajstić information content (AvgIpc) is 3.29. The Morgan fingerprint density at radius 3 is 2.24 bits per heavy atom. The first-order valence-corrected chi connectivity index (χ1v) is 12.1. The third-order valence-corrected chi connectivity index (χ3v) is 6.37. The third-order valence-electron chi connectivity index (χ3n) is 6.37. The van der Waals surface area contributed by atoms with Crippen LogP contribution >= 0.6 is 0 Å². The van der Waals surface area contributed by atoms with Crippen LogP contribution in [0.3, 0.4) is 0 Å². The van der Waals surface area contributed by atoms with E-state index in [1.807, 2.05) is 54.1 Å². The van der Waals surface area contributed by atoms with Crippen molar-refractivity contribution in [3.8, 4) is 22.8 Å². The number of hydrogen-bond acceptors (Lipinski definition) is 4. The van der Waals surface area contributed by atoms with E-state index in [1.165, 1.54) is 5.56 Å². The van der Waals surface area contributed by atoms with E-state index in [2.05, 4.69) is 31.3 Å². The summed E-state index contributed by atoms with van der Waals surface area (Å²) in [4.78, 5) is 13.1. The first-order chi connectivity index (χ1) is 16.5. The molecule has 0 saturated carbocycles. The molecule has 1 N–H and O–H groups in total. The van der Waals surface area contributed by atoms with Crippen LogP contribution in [0.25, 0.3) is 11.3 Å². The molecule has 0 aliphatic carbocycles. The number of methoxy groups -OCH3 is 2. The van der Waals surface area contributed by atoms with Gasteiger partial charge < -0.3 is 14.8 Å². The highest BCUT2D eigenvalue weighted by Crippen LogP contribution is 2.39. The lowest BCUT2D eigenvalue weighted by molar-refractivity contribution is 0.0932. The van der Waals surface area contributed by atoms with Crippen LogP contribution < -0.4 is 14.8 Å². The SMILES string of the molecule is CCC(CC)Cn1nc(C(=O)N[C@H](C)CCc2ccccc2)cc1-c1c(OC)cccc1OC. The van der Waals surface area contributed by atoms with E-state index in [4.69, 9.17) is 14.6 Å². The third kappa shape index (κ3) is 6.19. The van der Waals surface area contributed by atoms with Crippen LogP contribution in [0.15, 0.2) is 54.6 Å². The Balaban J connectivity index is 1.87. The van der Waals surface area contributed by atoms with Gasteiger partial charge in [-0.3, -0.25) is 9.48 Å². The molecule has 1 aromatic heterocycles. The van der Waals surface area contributed by atoms with Crippen LogP contribution in [0, 0.1) is 5.92 Å². The Kier molecular flexibility index (Phi) is 9.14. The first kappa shape index (κ1) is 25.3. The van der Waals surface area contributed by atoms with E-state index in [1.54, 1.807) is 14.2 Å². The van der Waals surface area contributed by atoms with Crippen molar-refractivity contribution < 1.29 is 14.3 Å². The Bertz CT molecular complexity index is 1040. The second-order valence-corrected chi connectivity index (χ2v) is 8.72. The second-order valence-electron chi connectivity index (χ2n) is 8.72. The minimum Gasteiger partial charge on any atom is -0.496 e. The molecule has 1 heterocycles. The number of carbonyl (C=O) groups is 1. The molecule has 0 unspecified atom stereocenters. The molecule has 0 radical (unpaired) electrons. The lowest BCUT2D eigenvalue weighted by Gasteiger charge is -2.17. The molecular weight excluding hydrogens is 426 g/mol. The zero-order valence-electron chi connectivity index (χ0n) is 21.0. The number of amides is 1. The van der Waals surface area contributed by atoms with Crippen molar-refractivity contribution in [3.05, 3.63) is 65.9 Å². The summed E-state index contributed by atoms with van der Waals surface area (Å²) in [5.41, 5.74) is 3.30. The fourth-order valence-corrected chi connectivity index (χ4v) is 4.16. The number of aromatic nitrogens is 2. The summed E-state index contributed by atoms with van der Waals surface area (Å²) in [7, 11) is 3.28. The number of nitrogens with zero attached hydrogens (tertiary/aromatic N) is 2. The Labute approximate surface area is 203 Å². The number of nitrogens with one attached hydrogen (secondary N) is 1. The molecule has 1 atom stereocenters. The minimum absolute atomic E-state index is 0.0288. The van der Waals surface area contributed by atoms with E-state index >= 15 is 0 Å². The van der Waals surface area contributed by atoms with Gasteiger partial charge in [-0.05, 0) is 49.4 Å². The summed E-state index contributed by atoms with van der Waals surface area (Å²) in [5, 5.41) is 7.86. The van der Waals surface area contributed by atoms with Crippen LogP contribution in [0.5, 0.6) is 11.5 Å². The highest BCUT2D eigenvalue weighted by molar-refractivity contribution is 5.94. The number of carbonyl (C=O) groups excluding carboxylic acids is 1. The van der Waals surface area contributed by atoms with Gasteiger partial charge in [-0.2, -0.15) is 5.10 Å². The molecule has 182 valence electrons. The summed E-state index contributed by atoms with van der Waals surface area (Å²) < 4.78 is 13.2. The summed E-state index contributed by atoms with van der Waals surface area (Å²) >= 11 is 0. The van der Waals surface area contributed by atoms with Crippen molar-refractivity contribution in [2.75, 3.05) is 14.2 Å². The smallest absolute Gasteiger partial charge is 0.272 e. The second kappa shape index (κ2) is 12.3. The van der Waals surface area contributed by atoms with Gasteiger partial charge in [-0.15, -0.1) is 0 Å². The molecule has 6 nitrogen and oxygen atoms in total. The Hall–Kier alpha value is -3.28. The average molecular weight is 464 g/mol. The predicted octanol–water partition coefficient (Wildman–Crippen LogP) is 5.75. The van der Waals surface area contributed by atoms with Crippen LogP contribution in [0.1, 0.15) is 56.1 Å². The fraction of sp³-hybridized carbons (Fsp3) is 0.429. The van der Waals surface area contributed by atoms with Gasteiger partial charge in [0, 0.05) is 12.6 Å². The molecule has 0 aliphatic heterocycles. The maximum absolute atomic E-state index is 13.1. The molecule has 2 aromatic carbocycles. The minimum atomic E-state index is -0.168. The topological polar surface area (TPSA) is 65.4 Å². The van der Waals surface area contributed by atoms with Gasteiger partial charge in [0.15, 0.2) is 5.69 Å². The quantitative estimate of drug-likeness (QED) is 0.371. The molecule has 0 spiro atoms. The monoisotopic (exact) mass is 463 g/mol. The molecule has 0 saturated heterocycles. The standard InChI is InChI=1S/C28H37N3O3/c1-6-21(7-2)19-31-24(27-25(33-4)14-11-15-26(27)34-5)18-23(30-31)28(32)29-20(3)16-17-22-12-9-8-10-13-22/h8-15,18,20-21H,6-7,16-17,19H2,1-5H3,(H,29,32)/t20-/m1/s1. The van der Waals surface area contributed by atoms with Crippen molar-refractivity contribution in [2.45, 2.75) is 59.0 Å². The first-order valence-electron chi connectivity index (χ1n) is 12.1. The molecule has 0 bridgehead atoms. The van der Waals surface area contributed by atoms with Crippen molar-refractivity contribution >= 4 is 5.91 Å². The van der Waals surface area contributed by atoms with Crippen LogP contribution in [-0.2, 0) is 13.0 Å². The van der Waals surface area contributed by atoms with E-state index in [0.29, 0.717) is 23.1 Å². The van der Waals surface area contributed by atoms with Crippen LogP contribution in [-0.4, -0.2) is 35.9 Å². The summed E-state index contributed by atoms with van der Waals surface area (Å²) in [6, 6.07) is 17.9. The van der Waals surface area contributed by atoms with E-state index < -0.39 is 0 Å². The van der Waals surface area contributed by atoms with Gasteiger partial charge in [0.2, 0.25) is 0 Å². The molecule has 3 aromatic rings. The van der Waals surface area contributed by atoms with Crippen LogP contribution in [0.2, 0.25) is 0 Å². The zero-order chi connectivity index (χ0) is 24.5. The van der Waals surface area contributed by atoms with E-state index in [0.717, 1.165) is 43.5 Å². The number of hydrogen-bond donors (Lipinski definition) is 1. The number of ether oxygens (including phenoxy) is 2. The van der Waals surface area contributed by atoms with Gasteiger partial charge in [0.05, 0.1) is 25.5 Å². The molecule has 34 heavy (non-hydrogen) atoms. The fourth-order valence-electron chi connectivity index (χ4n) is 4.16. The lowest BCUT2D eigenvalue weighted by Crippen LogP contribution is -2.33. The summed E-state index contributed by atoms with van der Waals surface area (Å²) in [5.74, 6) is 1.67. The van der Waals surface area contributed by atoms with Gasteiger partial charge in [-0.1, -0.05) is 63.1 Å². The maximum Gasteiger partial charge on any atom is 0.272 e.